The largest absolute Gasteiger partial charge is 0.352 e. The molecule has 0 aromatic heterocycles. The van der Waals surface area contributed by atoms with E-state index < -0.39 is 9.84 Å². The molecular formula is C15H22N2O3S. The van der Waals surface area contributed by atoms with Gasteiger partial charge in [0.15, 0.2) is 9.84 Å². The van der Waals surface area contributed by atoms with Crippen LogP contribution in [0.1, 0.15) is 36.0 Å². The van der Waals surface area contributed by atoms with E-state index >= 15 is 0 Å². The summed E-state index contributed by atoms with van der Waals surface area (Å²) >= 11 is 0. The Morgan fingerprint density at radius 2 is 2.05 bits per heavy atom. The van der Waals surface area contributed by atoms with Crippen molar-refractivity contribution < 1.29 is 13.2 Å². The Kier molecular flexibility index (Phi) is 5.00. The minimum Gasteiger partial charge on any atom is -0.352 e. The van der Waals surface area contributed by atoms with E-state index in [0.717, 1.165) is 31.9 Å². The van der Waals surface area contributed by atoms with E-state index in [2.05, 4.69) is 5.32 Å². The summed E-state index contributed by atoms with van der Waals surface area (Å²) in [7, 11) is -3.30. The van der Waals surface area contributed by atoms with Gasteiger partial charge in [0, 0.05) is 24.4 Å². The van der Waals surface area contributed by atoms with Crippen LogP contribution in [-0.2, 0) is 9.84 Å². The Bertz CT molecular complexity index is 613. The van der Waals surface area contributed by atoms with Gasteiger partial charge in [-0.3, -0.25) is 4.79 Å². The van der Waals surface area contributed by atoms with E-state index in [1.807, 2.05) is 0 Å². The molecule has 0 aliphatic heterocycles. The van der Waals surface area contributed by atoms with Crippen molar-refractivity contribution in [2.45, 2.75) is 36.6 Å². The van der Waals surface area contributed by atoms with Gasteiger partial charge in [0.25, 0.3) is 5.91 Å². The second kappa shape index (κ2) is 6.58. The SMILES string of the molecule is CS(=O)(=O)c1cccc(C(=O)NCC2CCCCC2N)c1. The number of hydrogen-bond acceptors (Lipinski definition) is 4. The Balaban J connectivity index is 2.00. The molecule has 0 heterocycles. The van der Waals surface area contributed by atoms with E-state index in [1.54, 1.807) is 12.1 Å². The summed E-state index contributed by atoms with van der Waals surface area (Å²) < 4.78 is 23.0. The highest BCUT2D eigenvalue weighted by atomic mass is 32.2. The Morgan fingerprint density at radius 3 is 2.71 bits per heavy atom. The van der Waals surface area contributed by atoms with Crippen LogP contribution in [0.2, 0.25) is 0 Å². The van der Waals surface area contributed by atoms with Gasteiger partial charge in [-0.25, -0.2) is 8.42 Å². The van der Waals surface area contributed by atoms with Crippen molar-refractivity contribution >= 4 is 15.7 Å². The number of amides is 1. The van der Waals surface area contributed by atoms with Gasteiger partial charge >= 0.3 is 0 Å². The lowest BCUT2D eigenvalue weighted by molar-refractivity contribution is 0.0941. The van der Waals surface area contributed by atoms with Crippen molar-refractivity contribution in [3.05, 3.63) is 29.8 Å². The van der Waals surface area contributed by atoms with Crippen LogP contribution in [0.15, 0.2) is 29.2 Å². The zero-order valence-electron chi connectivity index (χ0n) is 12.2. The molecule has 0 spiro atoms. The number of benzene rings is 1. The van der Waals surface area contributed by atoms with E-state index in [1.165, 1.54) is 12.1 Å². The van der Waals surface area contributed by atoms with Crippen molar-refractivity contribution in [2.24, 2.45) is 11.7 Å². The summed E-state index contributed by atoms with van der Waals surface area (Å²) in [6, 6.07) is 6.23. The van der Waals surface area contributed by atoms with Crippen LogP contribution in [0.4, 0.5) is 0 Å². The quantitative estimate of drug-likeness (QED) is 0.878. The molecule has 6 heteroatoms. The fraction of sp³-hybridized carbons (Fsp3) is 0.533. The molecule has 1 aliphatic carbocycles. The van der Waals surface area contributed by atoms with E-state index in [-0.39, 0.29) is 16.8 Å². The Morgan fingerprint density at radius 1 is 1.33 bits per heavy atom. The van der Waals surface area contributed by atoms with Crippen LogP contribution >= 0.6 is 0 Å². The van der Waals surface area contributed by atoms with Crippen molar-refractivity contribution in [3.63, 3.8) is 0 Å². The first-order valence-corrected chi connectivity index (χ1v) is 9.11. The molecule has 2 atom stereocenters. The number of nitrogens with one attached hydrogen (secondary N) is 1. The molecule has 5 nitrogen and oxygen atoms in total. The molecule has 1 fully saturated rings. The highest BCUT2D eigenvalue weighted by Gasteiger charge is 2.22. The van der Waals surface area contributed by atoms with Gasteiger partial charge in [-0.15, -0.1) is 0 Å². The van der Waals surface area contributed by atoms with Crippen LogP contribution in [0, 0.1) is 5.92 Å². The molecule has 0 saturated heterocycles. The minimum atomic E-state index is -3.30. The van der Waals surface area contributed by atoms with Gasteiger partial charge in [-0.1, -0.05) is 18.9 Å². The lowest BCUT2D eigenvalue weighted by Gasteiger charge is -2.28. The van der Waals surface area contributed by atoms with Crippen molar-refractivity contribution in [2.75, 3.05) is 12.8 Å². The molecule has 21 heavy (non-hydrogen) atoms. The molecule has 1 amide bonds. The fourth-order valence-corrected chi connectivity index (χ4v) is 3.35. The normalized spacial score (nSPS) is 22.8. The first-order chi connectivity index (χ1) is 9.88. The van der Waals surface area contributed by atoms with Gasteiger partial charge in [0.05, 0.1) is 4.90 Å². The molecule has 2 unspecified atom stereocenters. The van der Waals surface area contributed by atoms with Gasteiger partial charge in [0.2, 0.25) is 0 Å². The molecule has 3 N–H and O–H groups in total. The van der Waals surface area contributed by atoms with Gasteiger partial charge in [-0.05, 0) is 37.0 Å². The van der Waals surface area contributed by atoms with Crippen LogP contribution < -0.4 is 11.1 Å². The number of sulfone groups is 1. The number of carbonyl (C=O) groups excluding carboxylic acids is 1. The first-order valence-electron chi connectivity index (χ1n) is 7.22. The number of nitrogens with two attached hydrogens (primary N) is 1. The maximum atomic E-state index is 12.1. The predicted molar refractivity (Wildman–Crippen MR) is 81.8 cm³/mol. The average Bonchev–Trinajstić information content (AvgIpc) is 2.45. The predicted octanol–water partition coefficient (Wildman–Crippen LogP) is 1.34. The van der Waals surface area contributed by atoms with Gasteiger partial charge in [-0.2, -0.15) is 0 Å². The fourth-order valence-electron chi connectivity index (χ4n) is 2.68. The summed E-state index contributed by atoms with van der Waals surface area (Å²) in [4.78, 5) is 12.3. The summed E-state index contributed by atoms with van der Waals surface area (Å²) in [6.07, 6.45) is 5.47. The highest BCUT2D eigenvalue weighted by molar-refractivity contribution is 7.90. The second-order valence-electron chi connectivity index (χ2n) is 5.72. The summed E-state index contributed by atoms with van der Waals surface area (Å²) in [5, 5.41) is 2.86. The monoisotopic (exact) mass is 310 g/mol. The summed E-state index contributed by atoms with van der Waals surface area (Å²) in [5.74, 6) is 0.0547. The Labute approximate surface area is 125 Å². The highest BCUT2D eigenvalue weighted by Crippen LogP contribution is 2.22. The standard InChI is InChI=1S/C15H22N2O3S/c1-21(19,20)13-7-4-6-11(9-13)15(18)17-10-12-5-2-3-8-14(12)16/h4,6-7,9,12,14H,2-3,5,8,10,16H2,1H3,(H,17,18). The van der Waals surface area contributed by atoms with Crippen LogP contribution in [0.3, 0.4) is 0 Å². The minimum absolute atomic E-state index is 0.140. The summed E-state index contributed by atoms with van der Waals surface area (Å²) in [6.45, 7) is 0.545. The lowest BCUT2D eigenvalue weighted by Crippen LogP contribution is -2.41. The summed E-state index contributed by atoms with van der Waals surface area (Å²) in [5.41, 5.74) is 6.42. The number of carbonyl (C=O) groups is 1. The smallest absolute Gasteiger partial charge is 0.251 e. The van der Waals surface area contributed by atoms with Crippen LogP contribution in [0.25, 0.3) is 0 Å². The lowest BCUT2D eigenvalue weighted by atomic mass is 9.85. The maximum absolute atomic E-state index is 12.1. The number of hydrogen-bond donors (Lipinski definition) is 2. The zero-order chi connectivity index (χ0) is 15.5. The van der Waals surface area contributed by atoms with Crippen molar-refractivity contribution in [3.8, 4) is 0 Å². The molecule has 1 saturated carbocycles. The van der Waals surface area contributed by atoms with Crippen molar-refractivity contribution in [1.29, 1.82) is 0 Å². The molecular weight excluding hydrogens is 288 g/mol. The Hall–Kier alpha value is -1.40. The molecule has 1 aliphatic rings. The third-order valence-corrected chi connectivity index (χ3v) is 5.13. The third-order valence-electron chi connectivity index (χ3n) is 4.02. The van der Waals surface area contributed by atoms with Crippen LogP contribution in [-0.4, -0.2) is 33.2 Å². The maximum Gasteiger partial charge on any atom is 0.251 e. The molecule has 0 bridgehead atoms. The van der Waals surface area contributed by atoms with E-state index in [4.69, 9.17) is 5.73 Å². The van der Waals surface area contributed by atoms with E-state index in [0.29, 0.717) is 18.0 Å². The average molecular weight is 310 g/mol. The third kappa shape index (κ3) is 4.28. The van der Waals surface area contributed by atoms with Crippen LogP contribution in [0.5, 0.6) is 0 Å². The van der Waals surface area contributed by atoms with E-state index in [9.17, 15) is 13.2 Å². The molecule has 0 radical (unpaired) electrons. The van der Waals surface area contributed by atoms with Crippen molar-refractivity contribution in [1.82, 2.24) is 5.32 Å². The first kappa shape index (κ1) is 16.0. The topological polar surface area (TPSA) is 89.3 Å². The second-order valence-corrected chi connectivity index (χ2v) is 7.73. The molecule has 1 aromatic rings. The molecule has 2 rings (SSSR count). The van der Waals surface area contributed by atoms with Gasteiger partial charge in [0.1, 0.15) is 0 Å². The van der Waals surface area contributed by atoms with Gasteiger partial charge < -0.3 is 11.1 Å². The molecule has 116 valence electrons. The number of rotatable bonds is 4. The molecule has 1 aromatic carbocycles. The zero-order valence-corrected chi connectivity index (χ0v) is 13.0.